The third-order valence-electron chi connectivity index (χ3n) is 14.6. The molecule has 0 spiro atoms. The van der Waals surface area contributed by atoms with E-state index in [9.17, 15) is 43.2 Å². The molecule has 3 N–H and O–H groups in total. The number of allylic oxidation sites excluding steroid dienone is 31. The van der Waals surface area contributed by atoms with E-state index in [0.29, 0.717) is 32.1 Å². The van der Waals surface area contributed by atoms with E-state index >= 15 is 0 Å². The van der Waals surface area contributed by atoms with Crippen LogP contribution in [0.5, 0.6) is 0 Å². The van der Waals surface area contributed by atoms with Crippen molar-refractivity contribution in [2.45, 2.75) is 264 Å². The second-order valence-electron chi connectivity index (χ2n) is 24.1. The summed E-state index contributed by atoms with van der Waals surface area (Å²) in [6, 6.07) is 0. The standard InChI is InChI=1S/C83H130O17P2/c1-5-9-13-17-21-25-29-33-37-38-42-44-48-52-56-60-64-68-81(86)94-74-79(100-83(88)70-66-62-58-54-50-46-41-36-32-28-24-20-16-12-8-4)76-98-102(91,92)96-72-77(84)71-95-101(89,90)97-75-78(99-82(87)69-65-61-57-53-49-45-40-35-31-27-23-19-15-11-7-3)73-93-80(85)67-63-59-55-51-47-43-39-34-30-26-22-18-14-10-6-2/h9-16,21-28,33-37,39-42,44,47,50-51,54,59,63,77-79,84H,5-8,17-20,29-32,38,43,45-46,48-49,52-53,55-58,60-62,64-76H2,1-4H3,(H,89,90)(H,91,92)/b13-9-,14-10-,15-11-,16-12-,25-21-,26-22-,27-23-,28-24-,37-33-,39-34-,40-35-,41-36-,44-42-,51-47-,54-50-,63-59-. The van der Waals surface area contributed by atoms with Crippen LogP contribution in [0.3, 0.4) is 0 Å². The lowest BCUT2D eigenvalue weighted by Gasteiger charge is -2.21. The number of carbonyl (C=O) groups is 4. The summed E-state index contributed by atoms with van der Waals surface area (Å²) in [4.78, 5) is 72.8. The van der Waals surface area contributed by atoms with E-state index in [1.165, 1.54) is 0 Å². The van der Waals surface area contributed by atoms with Gasteiger partial charge in [0.15, 0.2) is 12.2 Å². The minimum atomic E-state index is -5.01. The van der Waals surface area contributed by atoms with Crippen LogP contribution in [0.15, 0.2) is 194 Å². The molecule has 0 saturated carbocycles. The number of rotatable bonds is 68. The highest BCUT2D eigenvalue weighted by molar-refractivity contribution is 7.47. The molecule has 0 aliphatic carbocycles. The molecule has 0 fully saturated rings. The van der Waals surface area contributed by atoms with E-state index in [2.05, 4.69) is 198 Å². The molecule has 0 rings (SSSR count). The van der Waals surface area contributed by atoms with Crippen LogP contribution in [-0.2, 0) is 65.4 Å². The number of aliphatic hydroxyl groups is 1. The molecule has 102 heavy (non-hydrogen) atoms. The molecule has 0 saturated heterocycles. The van der Waals surface area contributed by atoms with Crippen molar-refractivity contribution in [2.75, 3.05) is 39.6 Å². The van der Waals surface area contributed by atoms with Crippen molar-refractivity contribution in [2.24, 2.45) is 0 Å². The second kappa shape index (κ2) is 73.2. The number of hydrogen-bond donors (Lipinski definition) is 3. The Bertz CT molecular complexity index is 2700. The first-order valence-corrected chi connectivity index (χ1v) is 40.7. The van der Waals surface area contributed by atoms with Crippen molar-refractivity contribution in [1.82, 2.24) is 0 Å². The van der Waals surface area contributed by atoms with E-state index in [0.717, 1.165) is 161 Å². The number of phosphoric acid groups is 2. The molecule has 19 heteroatoms. The lowest BCUT2D eigenvalue weighted by molar-refractivity contribution is -0.161. The number of hydrogen-bond acceptors (Lipinski definition) is 15. The first-order valence-electron chi connectivity index (χ1n) is 37.7. The third kappa shape index (κ3) is 72.3. The summed E-state index contributed by atoms with van der Waals surface area (Å²) >= 11 is 0. The van der Waals surface area contributed by atoms with Gasteiger partial charge in [-0.2, -0.15) is 0 Å². The molecule has 0 bridgehead atoms. The van der Waals surface area contributed by atoms with Crippen LogP contribution in [0.2, 0.25) is 0 Å². The number of carbonyl (C=O) groups excluding carboxylic acids is 4. The van der Waals surface area contributed by atoms with Crippen molar-refractivity contribution in [1.29, 1.82) is 0 Å². The van der Waals surface area contributed by atoms with Gasteiger partial charge in [0.05, 0.1) is 32.8 Å². The second-order valence-corrected chi connectivity index (χ2v) is 27.0. The lowest BCUT2D eigenvalue weighted by Crippen LogP contribution is -2.30. The van der Waals surface area contributed by atoms with Gasteiger partial charge in [0.25, 0.3) is 0 Å². The monoisotopic (exact) mass is 1460 g/mol. The van der Waals surface area contributed by atoms with Crippen LogP contribution in [0.4, 0.5) is 0 Å². The van der Waals surface area contributed by atoms with Crippen molar-refractivity contribution in [3.8, 4) is 0 Å². The predicted molar refractivity (Wildman–Crippen MR) is 417 cm³/mol. The smallest absolute Gasteiger partial charge is 0.462 e. The molecule has 0 aromatic heterocycles. The van der Waals surface area contributed by atoms with Gasteiger partial charge in [-0.15, -0.1) is 0 Å². The molecule has 5 unspecified atom stereocenters. The van der Waals surface area contributed by atoms with Crippen molar-refractivity contribution in [3.05, 3.63) is 194 Å². The van der Waals surface area contributed by atoms with Gasteiger partial charge in [0.2, 0.25) is 0 Å². The number of esters is 4. The fourth-order valence-electron chi connectivity index (χ4n) is 8.99. The molecule has 0 aliphatic rings. The topological polar surface area (TPSA) is 237 Å². The SMILES string of the molecule is CC/C=C\C/C=C\C/C=C\C/C=C\C/C=C\CC(=O)OCC(COP(=O)(O)OCC(O)COP(=O)(O)OCC(COC(=O)CCCCCC/C=C\C/C=C\C/C=C\C/C=C\CC)OC(=O)CCCC/C=C\C/C=C\C/C=C\C/C=C\CC)OC(=O)CCCCCCC/C=C\C/C=C\C/C=C\CC. The Balaban J connectivity index is 5.52. The Hall–Kier alpha value is -6.10. The van der Waals surface area contributed by atoms with E-state index in [1.54, 1.807) is 6.08 Å². The quantitative estimate of drug-likeness (QED) is 0.0169. The van der Waals surface area contributed by atoms with Gasteiger partial charge in [0.1, 0.15) is 19.3 Å². The maximum Gasteiger partial charge on any atom is 0.472 e. The average molecular weight is 1460 g/mol. The molecule has 0 amide bonds. The summed E-state index contributed by atoms with van der Waals surface area (Å²) in [6.45, 7) is 4.16. The fourth-order valence-corrected chi connectivity index (χ4v) is 10.6. The zero-order valence-corrected chi connectivity index (χ0v) is 64.2. The summed E-state index contributed by atoms with van der Waals surface area (Å²) in [5.41, 5.74) is 0. The van der Waals surface area contributed by atoms with Crippen molar-refractivity contribution in [3.63, 3.8) is 0 Å². The van der Waals surface area contributed by atoms with E-state index in [-0.39, 0.29) is 25.7 Å². The number of phosphoric ester groups is 2. The van der Waals surface area contributed by atoms with Gasteiger partial charge < -0.3 is 33.8 Å². The molecule has 17 nitrogen and oxygen atoms in total. The van der Waals surface area contributed by atoms with Crippen LogP contribution in [0.1, 0.15) is 246 Å². The van der Waals surface area contributed by atoms with Gasteiger partial charge in [-0.3, -0.25) is 37.3 Å². The highest BCUT2D eigenvalue weighted by atomic mass is 31.2. The molecule has 574 valence electrons. The maximum atomic E-state index is 13.1. The van der Waals surface area contributed by atoms with Gasteiger partial charge in [-0.05, 0) is 161 Å². The zero-order valence-electron chi connectivity index (χ0n) is 62.4. The van der Waals surface area contributed by atoms with Crippen LogP contribution in [0.25, 0.3) is 0 Å². The van der Waals surface area contributed by atoms with E-state index in [4.69, 9.17) is 37.0 Å². The van der Waals surface area contributed by atoms with Crippen molar-refractivity contribution >= 4 is 39.5 Å². The van der Waals surface area contributed by atoms with Crippen LogP contribution < -0.4 is 0 Å². The summed E-state index contributed by atoms with van der Waals surface area (Å²) in [5.74, 6) is -2.44. The molecule has 0 aliphatic heterocycles. The lowest BCUT2D eigenvalue weighted by atomic mass is 10.1. The minimum absolute atomic E-state index is 0.0263. The van der Waals surface area contributed by atoms with Crippen LogP contribution in [-0.4, -0.2) is 96.7 Å². The summed E-state index contributed by atoms with van der Waals surface area (Å²) in [5, 5.41) is 10.6. The minimum Gasteiger partial charge on any atom is -0.462 e. The molecule has 0 aromatic carbocycles. The Morgan fingerprint density at radius 1 is 0.284 bits per heavy atom. The van der Waals surface area contributed by atoms with Gasteiger partial charge in [-0.25, -0.2) is 9.13 Å². The Morgan fingerprint density at radius 2 is 0.520 bits per heavy atom. The molecular weight excluding hydrogens is 1330 g/mol. The summed E-state index contributed by atoms with van der Waals surface area (Å²) in [7, 11) is -10.0. The summed E-state index contributed by atoms with van der Waals surface area (Å²) < 4.78 is 68.3. The molecule has 0 aromatic rings. The highest BCUT2D eigenvalue weighted by Gasteiger charge is 2.30. The molecule has 0 heterocycles. The van der Waals surface area contributed by atoms with Gasteiger partial charge in [0, 0.05) is 19.3 Å². The normalized spacial score (nSPS) is 15.0. The molecule has 0 radical (unpaired) electrons. The largest absolute Gasteiger partial charge is 0.472 e. The van der Waals surface area contributed by atoms with Gasteiger partial charge in [-0.1, -0.05) is 254 Å². The molecule has 5 atom stereocenters. The number of aliphatic hydroxyl groups excluding tert-OH is 1. The predicted octanol–water partition coefficient (Wildman–Crippen LogP) is 21.8. The fraction of sp³-hybridized carbons (Fsp3) is 0.566. The Kier molecular flexibility index (Phi) is 68.8. The summed E-state index contributed by atoms with van der Waals surface area (Å²) in [6.07, 6.45) is 88.9. The van der Waals surface area contributed by atoms with Crippen LogP contribution in [0, 0.1) is 0 Å². The zero-order chi connectivity index (χ0) is 74.6. The molecular formula is C83H130O17P2. The van der Waals surface area contributed by atoms with Gasteiger partial charge >= 0.3 is 39.5 Å². The first-order chi connectivity index (χ1) is 49.7. The maximum absolute atomic E-state index is 13.1. The number of ether oxygens (including phenoxy) is 4. The van der Waals surface area contributed by atoms with Crippen molar-refractivity contribution < 1.29 is 80.2 Å². The Morgan fingerprint density at radius 3 is 0.843 bits per heavy atom. The highest BCUT2D eigenvalue weighted by Crippen LogP contribution is 2.45. The first kappa shape index (κ1) is 95.9. The van der Waals surface area contributed by atoms with E-state index < -0.39 is 97.5 Å². The number of unbranched alkanes of at least 4 members (excludes halogenated alkanes) is 11. The third-order valence-corrected chi connectivity index (χ3v) is 16.5. The van der Waals surface area contributed by atoms with E-state index in [1.807, 2.05) is 18.2 Å². The Labute approximate surface area is 615 Å². The van der Waals surface area contributed by atoms with Crippen LogP contribution >= 0.6 is 15.6 Å². The average Bonchev–Trinajstić information content (AvgIpc) is 0.926.